The molecule has 0 saturated heterocycles. The summed E-state index contributed by atoms with van der Waals surface area (Å²) in [5.41, 5.74) is 1.09. The number of hydrogen-bond donors (Lipinski definition) is 1. The standard InChI is InChI=1S/C32H39Cl2N3O5S/c1-7-27(31(39)35-32(4,5)6)36(20-23-15-16-24(33)19-26(23)34)30(38)21-37(28-11-9-10-12-29(28)42-8-2)43(40,41)25-17-13-22(3)14-18-25/h9-19,27H,7-8,20-21H2,1-6H3,(H,35,39). The number of hydrogen-bond acceptors (Lipinski definition) is 5. The number of benzene rings is 3. The molecule has 8 nitrogen and oxygen atoms in total. The molecular weight excluding hydrogens is 609 g/mol. The molecule has 0 aliphatic carbocycles. The number of anilines is 1. The number of nitrogens with zero attached hydrogens (tertiary/aromatic N) is 2. The normalized spacial score (nSPS) is 12.4. The molecule has 0 bridgehead atoms. The molecule has 0 aliphatic heterocycles. The van der Waals surface area contributed by atoms with Crippen LogP contribution in [0.1, 0.15) is 52.2 Å². The molecule has 1 unspecified atom stereocenters. The van der Waals surface area contributed by atoms with Gasteiger partial charge < -0.3 is 15.0 Å². The van der Waals surface area contributed by atoms with Gasteiger partial charge in [0.15, 0.2) is 0 Å². The lowest BCUT2D eigenvalue weighted by atomic mass is 10.1. The van der Waals surface area contributed by atoms with E-state index in [0.29, 0.717) is 21.4 Å². The van der Waals surface area contributed by atoms with Gasteiger partial charge in [-0.15, -0.1) is 0 Å². The highest BCUT2D eigenvalue weighted by molar-refractivity contribution is 7.92. The van der Waals surface area contributed by atoms with Crippen molar-refractivity contribution in [2.45, 2.75) is 71.0 Å². The lowest BCUT2D eigenvalue weighted by molar-refractivity contribution is -0.141. The average molecular weight is 649 g/mol. The number of carbonyl (C=O) groups is 2. The first-order valence-corrected chi connectivity index (χ1v) is 16.2. The van der Waals surface area contributed by atoms with E-state index in [1.807, 2.05) is 27.7 Å². The SMILES string of the molecule is CCOc1ccccc1N(CC(=O)N(Cc1ccc(Cl)cc1Cl)C(CC)C(=O)NC(C)(C)C)S(=O)(=O)c1ccc(C)cc1. The van der Waals surface area contributed by atoms with Gasteiger partial charge in [0, 0.05) is 22.1 Å². The smallest absolute Gasteiger partial charge is 0.264 e. The Kier molecular flexibility index (Phi) is 11.5. The van der Waals surface area contributed by atoms with Gasteiger partial charge in [-0.25, -0.2) is 8.42 Å². The fourth-order valence-electron chi connectivity index (χ4n) is 4.50. The Bertz CT molecular complexity index is 1540. The van der Waals surface area contributed by atoms with Gasteiger partial charge in [0.25, 0.3) is 10.0 Å². The summed E-state index contributed by atoms with van der Waals surface area (Å²) >= 11 is 12.6. The summed E-state index contributed by atoms with van der Waals surface area (Å²) in [7, 11) is -4.25. The maximum absolute atomic E-state index is 14.3. The molecule has 3 rings (SSSR count). The van der Waals surface area contributed by atoms with E-state index in [4.69, 9.17) is 27.9 Å². The summed E-state index contributed by atoms with van der Waals surface area (Å²) < 4.78 is 35.1. The summed E-state index contributed by atoms with van der Waals surface area (Å²) in [5.74, 6) is -0.654. The lowest BCUT2D eigenvalue weighted by Gasteiger charge is -2.35. The molecule has 3 aromatic rings. The van der Waals surface area contributed by atoms with Crippen molar-refractivity contribution in [3.8, 4) is 5.75 Å². The van der Waals surface area contributed by atoms with Gasteiger partial charge in [0.05, 0.1) is 17.2 Å². The van der Waals surface area contributed by atoms with Crippen LogP contribution in [0.3, 0.4) is 0 Å². The molecule has 0 saturated carbocycles. The van der Waals surface area contributed by atoms with E-state index in [1.165, 1.54) is 17.0 Å². The summed E-state index contributed by atoms with van der Waals surface area (Å²) in [4.78, 5) is 29.2. The number of amides is 2. The Morgan fingerprint density at radius 1 is 0.977 bits per heavy atom. The number of ether oxygens (including phenoxy) is 1. The average Bonchev–Trinajstić information content (AvgIpc) is 2.92. The molecule has 232 valence electrons. The van der Waals surface area contributed by atoms with E-state index in [1.54, 1.807) is 68.4 Å². The van der Waals surface area contributed by atoms with Crippen LogP contribution >= 0.6 is 23.2 Å². The zero-order chi connectivity index (χ0) is 31.9. The van der Waals surface area contributed by atoms with Crippen molar-refractivity contribution in [2.24, 2.45) is 0 Å². The number of nitrogens with one attached hydrogen (secondary N) is 1. The Balaban J connectivity index is 2.15. The molecule has 3 aromatic carbocycles. The molecule has 0 heterocycles. The highest BCUT2D eigenvalue weighted by Crippen LogP contribution is 2.33. The zero-order valence-corrected chi connectivity index (χ0v) is 27.7. The summed E-state index contributed by atoms with van der Waals surface area (Å²) in [6, 6.07) is 17.0. The first kappa shape index (κ1) is 34.2. The van der Waals surface area contributed by atoms with Crippen LogP contribution in [-0.2, 0) is 26.2 Å². The lowest BCUT2D eigenvalue weighted by Crippen LogP contribution is -2.55. The van der Waals surface area contributed by atoms with Gasteiger partial charge >= 0.3 is 0 Å². The van der Waals surface area contributed by atoms with Crippen LogP contribution in [0.5, 0.6) is 5.75 Å². The van der Waals surface area contributed by atoms with E-state index in [0.717, 1.165) is 9.87 Å². The van der Waals surface area contributed by atoms with Crippen LogP contribution in [0.15, 0.2) is 71.6 Å². The monoisotopic (exact) mass is 647 g/mol. The molecule has 1 N–H and O–H groups in total. The van der Waals surface area contributed by atoms with Gasteiger partial charge in [-0.1, -0.05) is 66.0 Å². The van der Waals surface area contributed by atoms with Crippen molar-refractivity contribution in [3.05, 3.63) is 87.9 Å². The highest BCUT2D eigenvalue weighted by atomic mass is 35.5. The quantitative estimate of drug-likeness (QED) is 0.238. The maximum Gasteiger partial charge on any atom is 0.264 e. The van der Waals surface area contributed by atoms with Gasteiger partial charge in [-0.3, -0.25) is 13.9 Å². The number of para-hydroxylation sites is 2. The Morgan fingerprint density at radius 3 is 2.21 bits per heavy atom. The summed E-state index contributed by atoms with van der Waals surface area (Å²) in [6.45, 7) is 10.6. The number of sulfonamides is 1. The maximum atomic E-state index is 14.3. The van der Waals surface area contributed by atoms with Crippen molar-refractivity contribution in [2.75, 3.05) is 17.5 Å². The summed E-state index contributed by atoms with van der Waals surface area (Å²) in [6.07, 6.45) is 0.277. The minimum Gasteiger partial charge on any atom is -0.492 e. The van der Waals surface area contributed by atoms with Gasteiger partial charge in [0.2, 0.25) is 11.8 Å². The van der Waals surface area contributed by atoms with Crippen molar-refractivity contribution in [1.29, 1.82) is 0 Å². The van der Waals surface area contributed by atoms with E-state index in [9.17, 15) is 18.0 Å². The van der Waals surface area contributed by atoms with Crippen molar-refractivity contribution < 1.29 is 22.7 Å². The fraction of sp³-hybridized carbons (Fsp3) is 0.375. The number of aryl methyl sites for hydroxylation is 1. The number of rotatable bonds is 12. The Morgan fingerprint density at radius 2 is 1.63 bits per heavy atom. The number of carbonyl (C=O) groups excluding carboxylic acids is 2. The molecule has 43 heavy (non-hydrogen) atoms. The van der Waals surface area contributed by atoms with Crippen LogP contribution in [0, 0.1) is 6.92 Å². The highest BCUT2D eigenvalue weighted by Gasteiger charge is 2.35. The van der Waals surface area contributed by atoms with Crippen molar-refractivity contribution in [1.82, 2.24) is 10.2 Å². The second-order valence-corrected chi connectivity index (χ2v) is 13.9. The van der Waals surface area contributed by atoms with Crippen LogP contribution in [-0.4, -0.2) is 49.9 Å². The van der Waals surface area contributed by atoms with E-state index in [-0.39, 0.29) is 36.1 Å². The summed E-state index contributed by atoms with van der Waals surface area (Å²) in [5, 5.41) is 3.69. The molecule has 2 amide bonds. The van der Waals surface area contributed by atoms with Crippen molar-refractivity contribution in [3.63, 3.8) is 0 Å². The predicted octanol–water partition coefficient (Wildman–Crippen LogP) is 6.62. The van der Waals surface area contributed by atoms with Gasteiger partial charge in [0.1, 0.15) is 18.3 Å². The van der Waals surface area contributed by atoms with E-state index < -0.39 is 34.1 Å². The van der Waals surface area contributed by atoms with Crippen LogP contribution < -0.4 is 14.4 Å². The molecule has 0 radical (unpaired) electrons. The van der Waals surface area contributed by atoms with Crippen LogP contribution in [0.25, 0.3) is 0 Å². The third-order valence-corrected chi connectivity index (χ3v) is 8.92. The topological polar surface area (TPSA) is 96.0 Å². The fourth-order valence-corrected chi connectivity index (χ4v) is 6.39. The van der Waals surface area contributed by atoms with Crippen LogP contribution in [0.2, 0.25) is 10.0 Å². The van der Waals surface area contributed by atoms with E-state index in [2.05, 4.69) is 5.32 Å². The third-order valence-electron chi connectivity index (χ3n) is 6.56. The minimum atomic E-state index is -4.25. The van der Waals surface area contributed by atoms with Crippen LogP contribution in [0.4, 0.5) is 5.69 Å². The molecule has 1 atom stereocenters. The minimum absolute atomic E-state index is 0.0158. The Labute approximate surface area is 265 Å². The third kappa shape index (κ3) is 8.87. The predicted molar refractivity (Wildman–Crippen MR) is 172 cm³/mol. The first-order valence-electron chi connectivity index (χ1n) is 14.0. The molecule has 0 aromatic heterocycles. The zero-order valence-electron chi connectivity index (χ0n) is 25.4. The number of halogens is 2. The molecule has 0 fully saturated rings. The van der Waals surface area contributed by atoms with Gasteiger partial charge in [-0.2, -0.15) is 0 Å². The van der Waals surface area contributed by atoms with Crippen molar-refractivity contribution >= 4 is 50.7 Å². The van der Waals surface area contributed by atoms with Gasteiger partial charge in [-0.05, 0) is 83.0 Å². The Hall–Kier alpha value is -3.27. The molecule has 0 aliphatic rings. The largest absolute Gasteiger partial charge is 0.492 e. The molecule has 11 heteroatoms. The molecular formula is C32H39Cl2N3O5S. The molecule has 0 spiro atoms. The second kappa shape index (κ2) is 14.5. The second-order valence-electron chi connectivity index (χ2n) is 11.1. The van der Waals surface area contributed by atoms with E-state index >= 15 is 0 Å². The first-order chi connectivity index (χ1) is 20.2.